The van der Waals surface area contributed by atoms with Gasteiger partial charge in [0.05, 0.1) is 25.0 Å². The molecule has 1 saturated heterocycles. The van der Waals surface area contributed by atoms with Crippen LogP contribution in [0.5, 0.6) is 0 Å². The summed E-state index contributed by atoms with van der Waals surface area (Å²) in [5.74, 6) is -0.225. The monoisotopic (exact) mass is 393 g/mol. The molecule has 1 spiro atoms. The van der Waals surface area contributed by atoms with Crippen molar-refractivity contribution >= 4 is 23.5 Å². The van der Waals surface area contributed by atoms with Gasteiger partial charge in [-0.1, -0.05) is 13.8 Å². The average molecular weight is 393 g/mol. The molecule has 1 heterocycles. The maximum absolute atomic E-state index is 12.9. The third-order valence-electron chi connectivity index (χ3n) is 6.64. The van der Waals surface area contributed by atoms with Crippen LogP contribution in [0.2, 0.25) is 0 Å². The van der Waals surface area contributed by atoms with Gasteiger partial charge in [0.25, 0.3) is 0 Å². The van der Waals surface area contributed by atoms with Crippen LogP contribution in [0, 0.1) is 16.7 Å². The van der Waals surface area contributed by atoms with Gasteiger partial charge in [-0.15, -0.1) is 0 Å². The highest BCUT2D eigenvalue weighted by Crippen LogP contribution is 2.70. The predicted octanol–water partition coefficient (Wildman–Crippen LogP) is 2.62. The molecule has 0 aromatic carbocycles. The first kappa shape index (κ1) is 19.3. The summed E-state index contributed by atoms with van der Waals surface area (Å²) in [6.45, 7) is 7.85. The Hall–Kier alpha value is -0.430. The lowest BCUT2D eigenvalue weighted by Crippen LogP contribution is -2.45. The normalized spacial score (nSPS) is 35.1. The number of fused-ring (bicyclic) bond motifs is 1. The van der Waals surface area contributed by atoms with Gasteiger partial charge in [0.15, 0.2) is 0 Å². The van der Waals surface area contributed by atoms with Gasteiger partial charge in [-0.25, -0.2) is 12.7 Å². The number of amides is 1. The van der Waals surface area contributed by atoms with Crippen molar-refractivity contribution in [1.82, 2.24) is 4.31 Å². The molecule has 2 aliphatic carbocycles. The summed E-state index contributed by atoms with van der Waals surface area (Å²) in [5.41, 5.74) is -0.489. The molecule has 2 bridgehead atoms. The topological polar surface area (TPSA) is 90.0 Å². The second kappa shape index (κ2) is 6.04. The van der Waals surface area contributed by atoms with Crippen LogP contribution in [-0.2, 0) is 28.4 Å². The van der Waals surface area contributed by atoms with E-state index in [2.05, 4.69) is 13.8 Å². The zero-order chi connectivity index (χ0) is 18.7. The zero-order valence-electron chi connectivity index (χ0n) is 15.4. The van der Waals surface area contributed by atoms with Crippen molar-refractivity contribution in [3.63, 3.8) is 0 Å². The molecule has 0 aromatic heterocycles. The molecule has 3 rings (SSSR count). The molecule has 3 fully saturated rings. The minimum Gasteiger partial charge on any atom is -0.309 e. The molecule has 0 N–H and O–H groups in total. The van der Waals surface area contributed by atoms with E-state index >= 15 is 0 Å². The summed E-state index contributed by atoms with van der Waals surface area (Å²) in [6.07, 6.45) is 2.02. The maximum atomic E-state index is 12.9. The van der Waals surface area contributed by atoms with Gasteiger partial charge in [0, 0.05) is 5.41 Å². The van der Waals surface area contributed by atoms with Gasteiger partial charge in [-0.2, -0.15) is 0 Å². The zero-order valence-corrected chi connectivity index (χ0v) is 17.1. The number of carbonyl (C=O) groups is 1. The molecule has 144 valence electrons. The fraction of sp³-hybridized carbons (Fsp3) is 0.938. The Morgan fingerprint density at radius 2 is 1.84 bits per heavy atom. The number of nitrogens with zero attached hydrogens (tertiary/aromatic N) is 1. The van der Waals surface area contributed by atoms with Gasteiger partial charge in [0.2, 0.25) is 15.9 Å². The van der Waals surface area contributed by atoms with Crippen LogP contribution >= 0.6 is 7.60 Å². The second-order valence-electron chi connectivity index (χ2n) is 7.92. The fourth-order valence-electron chi connectivity index (χ4n) is 5.37. The van der Waals surface area contributed by atoms with Crippen LogP contribution in [0.3, 0.4) is 0 Å². The Balaban J connectivity index is 1.90. The highest BCUT2D eigenvalue weighted by Gasteiger charge is 2.72. The van der Waals surface area contributed by atoms with Crippen molar-refractivity contribution in [2.75, 3.05) is 25.1 Å². The van der Waals surface area contributed by atoms with Gasteiger partial charge >= 0.3 is 7.60 Å². The number of hydrogen-bond donors (Lipinski definition) is 0. The lowest BCUT2D eigenvalue weighted by Gasteiger charge is -2.37. The van der Waals surface area contributed by atoms with Gasteiger partial charge in [0.1, 0.15) is 6.16 Å². The quantitative estimate of drug-likeness (QED) is 0.645. The highest BCUT2D eigenvalue weighted by atomic mass is 32.2. The smallest absolute Gasteiger partial charge is 0.309 e. The Labute approximate surface area is 150 Å². The van der Waals surface area contributed by atoms with E-state index in [4.69, 9.17) is 9.05 Å². The van der Waals surface area contributed by atoms with Crippen molar-refractivity contribution in [2.24, 2.45) is 16.7 Å². The first-order valence-electron chi connectivity index (χ1n) is 8.96. The molecular formula is C16H28NO6PS. The minimum atomic E-state index is -3.71. The van der Waals surface area contributed by atoms with Crippen molar-refractivity contribution in [2.45, 2.75) is 53.0 Å². The largest absolute Gasteiger partial charge is 0.340 e. The molecule has 0 aromatic rings. The Bertz CT molecular complexity index is 710. The lowest BCUT2D eigenvalue weighted by atomic mass is 9.69. The van der Waals surface area contributed by atoms with Crippen LogP contribution < -0.4 is 0 Å². The van der Waals surface area contributed by atoms with Crippen molar-refractivity contribution in [3.05, 3.63) is 0 Å². The van der Waals surface area contributed by atoms with Crippen LogP contribution in [0.4, 0.5) is 0 Å². The Kier molecular flexibility index (Phi) is 4.67. The molecule has 9 heteroatoms. The summed E-state index contributed by atoms with van der Waals surface area (Å²) >= 11 is 0. The average Bonchev–Trinajstić information content (AvgIpc) is 2.94. The Morgan fingerprint density at radius 1 is 1.24 bits per heavy atom. The first-order valence-corrected chi connectivity index (χ1v) is 12.3. The number of carbonyl (C=O) groups excluding carboxylic acids is 1. The van der Waals surface area contributed by atoms with Gasteiger partial charge in [-0.05, 0) is 44.4 Å². The fourth-order valence-corrected chi connectivity index (χ4v) is 9.55. The SMILES string of the molecule is CCOP(=O)(CC(=O)N1C2CC3CCC2(CS1(=O)=O)C3(C)C)OCC. The molecule has 2 saturated carbocycles. The van der Waals surface area contributed by atoms with Gasteiger partial charge in [-0.3, -0.25) is 9.36 Å². The van der Waals surface area contributed by atoms with Crippen molar-refractivity contribution < 1.29 is 26.8 Å². The van der Waals surface area contributed by atoms with Crippen LogP contribution in [0.25, 0.3) is 0 Å². The molecule has 3 atom stereocenters. The molecule has 3 unspecified atom stereocenters. The molecule has 1 amide bonds. The minimum absolute atomic E-state index is 0.00742. The van der Waals surface area contributed by atoms with Crippen molar-refractivity contribution in [1.29, 1.82) is 0 Å². The second-order valence-corrected chi connectivity index (χ2v) is 11.8. The number of hydrogen-bond acceptors (Lipinski definition) is 6. The van der Waals surface area contributed by atoms with E-state index in [1.807, 2.05) is 0 Å². The van der Waals surface area contributed by atoms with E-state index in [1.54, 1.807) is 13.8 Å². The van der Waals surface area contributed by atoms with Crippen LogP contribution in [-0.4, -0.2) is 49.8 Å². The van der Waals surface area contributed by atoms with Gasteiger partial charge < -0.3 is 9.05 Å². The number of rotatable bonds is 6. The van der Waals surface area contributed by atoms with E-state index in [0.717, 1.165) is 17.1 Å². The summed E-state index contributed by atoms with van der Waals surface area (Å²) in [5, 5.41) is 0. The Morgan fingerprint density at radius 3 is 2.36 bits per heavy atom. The van der Waals surface area contributed by atoms with E-state index in [9.17, 15) is 17.8 Å². The van der Waals surface area contributed by atoms with E-state index < -0.39 is 29.7 Å². The number of sulfonamides is 1. The molecule has 3 aliphatic rings. The molecular weight excluding hydrogens is 365 g/mol. The van der Waals surface area contributed by atoms with Crippen LogP contribution in [0.15, 0.2) is 0 Å². The van der Waals surface area contributed by atoms with Crippen LogP contribution in [0.1, 0.15) is 47.0 Å². The molecule has 7 nitrogen and oxygen atoms in total. The van der Waals surface area contributed by atoms with E-state index in [0.29, 0.717) is 12.3 Å². The third kappa shape index (κ3) is 2.71. The first-order chi connectivity index (χ1) is 11.5. The molecule has 25 heavy (non-hydrogen) atoms. The standard InChI is InChI=1S/C16H28NO6PS/c1-5-22-24(19,23-6-2)10-14(18)17-13-9-12-7-8-16(13,15(12,3)4)11-25(17,20)21/h12-13H,5-11H2,1-4H3. The van der Waals surface area contributed by atoms with Crippen molar-refractivity contribution in [3.8, 4) is 0 Å². The van der Waals surface area contributed by atoms with E-state index in [-0.39, 0.29) is 35.8 Å². The predicted molar refractivity (Wildman–Crippen MR) is 93.7 cm³/mol. The lowest BCUT2D eigenvalue weighted by molar-refractivity contribution is -0.126. The molecule has 1 aliphatic heterocycles. The molecule has 0 radical (unpaired) electrons. The summed E-state index contributed by atoms with van der Waals surface area (Å²) < 4.78 is 49.7. The highest BCUT2D eigenvalue weighted by molar-refractivity contribution is 7.90. The summed E-state index contributed by atoms with van der Waals surface area (Å²) in [7, 11) is -7.34. The maximum Gasteiger partial charge on any atom is 0.340 e. The summed E-state index contributed by atoms with van der Waals surface area (Å²) in [6, 6.07) is -0.324. The third-order valence-corrected chi connectivity index (χ3v) is 10.5. The summed E-state index contributed by atoms with van der Waals surface area (Å²) in [4.78, 5) is 12.9. The van der Waals surface area contributed by atoms with E-state index in [1.165, 1.54) is 0 Å².